The first kappa shape index (κ1) is 16.0. The Bertz CT molecular complexity index is 476. The Kier molecular flexibility index (Phi) is 6.20. The lowest BCUT2D eigenvalue weighted by Gasteiger charge is -2.22. The van der Waals surface area contributed by atoms with E-state index >= 15 is 0 Å². The van der Waals surface area contributed by atoms with Crippen LogP contribution in [0.5, 0.6) is 11.5 Å². The normalized spacial score (nSPS) is 18.1. The lowest BCUT2D eigenvalue weighted by atomic mass is 10.1. The quantitative estimate of drug-likeness (QED) is 0.823. The van der Waals surface area contributed by atoms with Crippen molar-refractivity contribution in [2.45, 2.75) is 12.5 Å². The van der Waals surface area contributed by atoms with Crippen LogP contribution in [-0.4, -0.2) is 50.8 Å². The minimum absolute atomic E-state index is 0.0610. The summed E-state index contributed by atoms with van der Waals surface area (Å²) < 4.78 is 10.5. The average molecular weight is 310 g/mol. The fourth-order valence-electron chi connectivity index (χ4n) is 2.22. The molecule has 5 nitrogen and oxygen atoms in total. The van der Waals surface area contributed by atoms with Crippen LogP contribution < -0.4 is 20.1 Å². The van der Waals surface area contributed by atoms with Crippen molar-refractivity contribution in [1.82, 2.24) is 10.6 Å². The molecule has 0 spiro atoms. The van der Waals surface area contributed by atoms with Crippen LogP contribution in [0.1, 0.15) is 5.56 Å². The summed E-state index contributed by atoms with van der Waals surface area (Å²) in [5.41, 5.74) is 1.11. The van der Waals surface area contributed by atoms with Gasteiger partial charge in [-0.1, -0.05) is 6.07 Å². The highest BCUT2D eigenvalue weighted by atomic mass is 32.2. The van der Waals surface area contributed by atoms with Crippen LogP contribution in [0.3, 0.4) is 0 Å². The van der Waals surface area contributed by atoms with Crippen molar-refractivity contribution < 1.29 is 14.3 Å². The molecule has 0 saturated carbocycles. The van der Waals surface area contributed by atoms with Crippen LogP contribution in [0.2, 0.25) is 0 Å². The van der Waals surface area contributed by atoms with Gasteiger partial charge in [0.2, 0.25) is 5.91 Å². The number of thioether (sulfide) groups is 1. The smallest absolute Gasteiger partial charge is 0.238 e. The Balaban J connectivity index is 1.81. The van der Waals surface area contributed by atoms with E-state index in [1.54, 1.807) is 14.2 Å². The summed E-state index contributed by atoms with van der Waals surface area (Å²) in [7, 11) is 3.24. The van der Waals surface area contributed by atoms with Gasteiger partial charge in [-0.05, 0) is 24.1 Å². The van der Waals surface area contributed by atoms with Crippen molar-refractivity contribution in [3.8, 4) is 11.5 Å². The molecule has 21 heavy (non-hydrogen) atoms. The molecule has 2 N–H and O–H groups in total. The molecule has 1 unspecified atom stereocenters. The molecule has 0 bridgehead atoms. The summed E-state index contributed by atoms with van der Waals surface area (Å²) in [6.07, 6.45) is 0.770. The predicted octanol–water partition coefficient (Wildman–Crippen LogP) is 1.07. The maximum absolute atomic E-state index is 12.0. The molecule has 0 aromatic heterocycles. The fraction of sp³-hybridized carbons (Fsp3) is 0.533. The van der Waals surface area contributed by atoms with E-state index in [9.17, 15) is 4.79 Å². The van der Waals surface area contributed by atoms with Gasteiger partial charge in [0, 0.05) is 24.6 Å². The molecular formula is C15H22N2O3S. The van der Waals surface area contributed by atoms with Crippen molar-refractivity contribution in [2.75, 3.05) is 38.8 Å². The van der Waals surface area contributed by atoms with Gasteiger partial charge in [-0.15, -0.1) is 0 Å². The van der Waals surface area contributed by atoms with E-state index in [-0.39, 0.29) is 11.9 Å². The van der Waals surface area contributed by atoms with Crippen LogP contribution in [-0.2, 0) is 11.2 Å². The van der Waals surface area contributed by atoms with E-state index in [0.717, 1.165) is 30.0 Å². The number of benzene rings is 1. The Hall–Kier alpha value is -1.40. The molecule has 1 aliphatic rings. The lowest BCUT2D eigenvalue weighted by Crippen LogP contribution is -2.49. The highest BCUT2D eigenvalue weighted by Crippen LogP contribution is 2.27. The molecule has 2 rings (SSSR count). The van der Waals surface area contributed by atoms with E-state index < -0.39 is 0 Å². The number of nitrogens with one attached hydrogen (secondary N) is 2. The van der Waals surface area contributed by atoms with Gasteiger partial charge in [0.25, 0.3) is 0 Å². The number of ether oxygens (including phenoxy) is 2. The van der Waals surface area contributed by atoms with Crippen molar-refractivity contribution in [2.24, 2.45) is 0 Å². The van der Waals surface area contributed by atoms with Crippen LogP contribution in [0.15, 0.2) is 18.2 Å². The van der Waals surface area contributed by atoms with E-state index in [1.165, 1.54) is 0 Å². The standard InChI is InChI=1S/C15H22N2O3S/c1-19-13-4-3-11(9-14(13)20-2)5-6-17-15(18)12-10-21-8-7-16-12/h3-4,9,12,16H,5-8,10H2,1-2H3,(H,17,18). The average Bonchev–Trinajstić information content (AvgIpc) is 2.55. The minimum Gasteiger partial charge on any atom is -0.493 e. The zero-order valence-electron chi connectivity index (χ0n) is 12.5. The zero-order chi connectivity index (χ0) is 15.1. The summed E-state index contributed by atoms with van der Waals surface area (Å²) in [4.78, 5) is 12.0. The van der Waals surface area contributed by atoms with Gasteiger partial charge in [0.05, 0.1) is 20.3 Å². The van der Waals surface area contributed by atoms with Crippen molar-refractivity contribution in [3.05, 3.63) is 23.8 Å². The number of hydrogen-bond donors (Lipinski definition) is 2. The maximum atomic E-state index is 12.0. The van der Waals surface area contributed by atoms with Crippen LogP contribution >= 0.6 is 11.8 Å². The zero-order valence-corrected chi connectivity index (χ0v) is 13.3. The SMILES string of the molecule is COc1ccc(CCNC(=O)C2CSCCN2)cc1OC. The summed E-state index contributed by atoms with van der Waals surface area (Å²) in [6.45, 7) is 1.52. The Morgan fingerprint density at radius 2 is 2.19 bits per heavy atom. The first-order valence-electron chi connectivity index (χ1n) is 7.04. The van der Waals surface area contributed by atoms with Crippen LogP contribution in [0, 0.1) is 0 Å². The number of carbonyl (C=O) groups excluding carboxylic acids is 1. The molecule has 6 heteroatoms. The molecule has 1 aromatic rings. The first-order chi connectivity index (χ1) is 10.2. The Morgan fingerprint density at radius 1 is 1.38 bits per heavy atom. The molecule has 1 aliphatic heterocycles. The van der Waals surface area contributed by atoms with Crippen LogP contribution in [0.25, 0.3) is 0 Å². The molecule has 0 aliphatic carbocycles. The van der Waals surface area contributed by atoms with E-state index in [0.29, 0.717) is 18.0 Å². The molecule has 1 atom stereocenters. The van der Waals surface area contributed by atoms with Gasteiger partial charge in [0.1, 0.15) is 0 Å². The molecule has 1 heterocycles. The van der Waals surface area contributed by atoms with Gasteiger partial charge >= 0.3 is 0 Å². The topological polar surface area (TPSA) is 59.6 Å². The third-order valence-corrected chi connectivity index (χ3v) is 4.46. The molecule has 1 amide bonds. The number of rotatable bonds is 6. The van der Waals surface area contributed by atoms with E-state index in [4.69, 9.17) is 9.47 Å². The Morgan fingerprint density at radius 3 is 2.86 bits per heavy atom. The van der Waals surface area contributed by atoms with Gasteiger partial charge in [-0.3, -0.25) is 4.79 Å². The summed E-state index contributed by atoms with van der Waals surface area (Å²) >= 11 is 1.82. The van der Waals surface area contributed by atoms with E-state index in [1.807, 2.05) is 30.0 Å². The third kappa shape index (κ3) is 4.54. The number of amides is 1. The second-order valence-electron chi connectivity index (χ2n) is 4.81. The molecular weight excluding hydrogens is 288 g/mol. The fourth-order valence-corrected chi connectivity index (χ4v) is 3.16. The summed E-state index contributed by atoms with van der Waals surface area (Å²) in [5, 5.41) is 6.21. The van der Waals surface area contributed by atoms with Crippen molar-refractivity contribution >= 4 is 17.7 Å². The van der Waals surface area contributed by atoms with E-state index in [2.05, 4.69) is 10.6 Å². The molecule has 116 valence electrons. The van der Waals surface area contributed by atoms with Gasteiger partial charge in [0.15, 0.2) is 11.5 Å². The predicted molar refractivity (Wildman–Crippen MR) is 85.4 cm³/mol. The highest BCUT2D eigenvalue weighted by Gasteiger charge is 2.20. The first-order valence-corrected chi connectivity index (χ1v) is 8.20. The Labute approximate surface area is 129 Å². The second-order valence-corrected chi connectivity index (χ2v) is 5.96. The van der Waals surface area contributed by atoms with Gasteiger partial charge < -0.3 is 20.1 Å². The number of methoxy groups -OCH3 is 2. The lowest BCUT2D eigenvalue weighted by molar-refractivity contribution is -0.122. The van der Waals surface area contributed by atoms with Crippen molar-refractivity contribution in [1.29, 1.82) is 0 Å². The molecule has 1 aromatic carbocycles. The maximum Gasteiger partial charge on any atom is 0.238 e. The third-order valence-electron chi connectivity index (χ3n) is 3.40. The van der Waals surface area contributed by atoms with Gasteiger partial charge in [-0.2, -0.15) is 11.8 Å². The largest absolute Gasteiger partial charge is 0.493 e. The highest BCUT2D eigenvalue weighted by molar-refractivity contribution is 7.99. The summed E-state index contributed by atoms with van der Waals surface area (Å²) in [6, 6.07) is 5.76. The molecule has 1 saturated heterocycles. The van der Waals surface area contributed by atoms with Crippen LogP contribution in [0.4, 0.5) is 0 Å². The molecule has 1 fully saturated rings. The second kappa shape index (κ2) is 8.14. The minimum atomic E-state index is -0.0610. The number of hydrogen-bond acceptors (Lipinski definition) is 5. The monoisotopic (exact) mass is 310 g/mol. The number of carbonyl (C=O) groups is 1. The summed E-state index contributed by atoms with van der Waals surface area (Å²) in [5.74, 6) is 3.44. The van der Waals surface area contributed by atoms with Crippen molar-refractivity contribution in [3.63, 3.8) is 0 Å². The van der Waals surface area contributed by atoms with Gasteiger partial charge in [-0.25, -0.2) is 0 Å². The molecule has 0 radical (unpaired) electrons.